The predicted molar refractivity (Wildman–Crippen MR) is 95.2 cm³/mol. The first-order valence-corrected chi connectivity index (χ1v) is 12.0. The molecule has 2 heterocycles. The molecule has 0 bridgehead atoms. The molecule has 0 aromatic carbocycles. The fourth-order valence-electron chi connectivity index (χ4n) is 1.80. The Morgan fingerprint density at radius 2 is 1.72 bits per heavy atom. The molecular formula is C9H18N5O12P3. The summed E-state index contributed by atoms with van der Waals surface area (Å²) < 4.78 is 39.5. The van der Waals surface area contributed by atoms with E-state index in [-0.39, 0.29) is 23.7 Å². The normalized spacial score (nSPS) is 13.8. The smallest absolute Gasteiger partial charge is 0.369 e. The topological polar surface area (TPSA) is 281 Å². The molecule has 0 amide bonds. The van der Waals surface area contributed by atoms with Crippen molar-refractivity contribution in [1.29, 1.82) is 0 Å². The van der Waals surface area contributed by atoms with Crippen molar-refractivity contribution in [2.24, 2.45) is 0 Å². The van der Waals surface area contributed by atoms with E-state index in [4.69, 9.17) is 39.8 Å². The van der Waals surface area contributed by atoms with Gasteiger partial charge in [-0.1, -0.05) is 0 Å². The fourth-order valence-corrected chi connectivity index (χ4v) is 3.35. The average Bonchev–Trinajstić information content (AvgIpc) is 2.84. The number of nitrogens with zero attached hydrogens (tertiary/aromatic N) is 3. The second-order valence-electron chi connectivity index (χ2n) is 5.35. The second kappa shape index (κ2) is 9.55. The number of hydrogen-bond acceptors (Lipinski definition) is 9. The molecule has 1 unspecified atom stereocenters. The minimum atomic E-state index is -5.05. The highest BCUT2D eigenvalue weighted by molar-refractivity contribution is 7.60. The van der Waals surface area contributed by atoms with Crippen LogP contribution in [0.2, 0.25) is 0 Å². The van der Waals surface area contributed by atoms with E-state index in [2.05, 4.69) is 19.3 Å². The summed E-state index contributed by atoms with van der Waals surface area (Å²) in [4.78, 5) is 70.2. The van der Waals surface area contributed by atoms with Crippen molar-refractivity contribution in [2.45, 2.75) is 19.6 Å². The number of imidazole rings is 1. The van der Waals surface area contributed by atoms with Gasteiger partial charge in [0.05, 0.1) is 19.0 Å². The Balaban J connectivity index is 0.000000396. The van der Waals surface area contributed by atoms with Crippen LogP contribution < -0.4 is 11.3 Å². The van der Waals surface area contributed by atoms with Crippen molar-refractivity contribution >= 4 is 40.4 Å². The van der Waals surface area contributed by atoms with Gasteiger partial charge in [0.25, 0.3) is 5.56 Å². The highest BCUT2D eigenvalue weighted by Gasteiger charge is 2.28. The van der Waals surface area contributed by atoms with Crippen LogP contribution in [-0.2, 0) is 29.3 Å². The van der Waals surface area contributed by atoms with Gasteiger partial charge in [-0.2, -0.15) is 9.29 Å². The number of aromatic nitrogens is 4. The molecule has 2 aromatic rings. The Bertz CT molecular complexity index is 1010. The number of nitrogens with two attached hydrogens (primary N) is 1. The quantitative estimate of drug-likeness (QED) is 0.207. The number of anilines is 1. The largest absolute Gasteiger partial charge is 0.478 e. The zero-order chi connectivity index (χ0) is 22.6. The minimum absolute atomic E-state index is 0.0342. The Labute approximate surface area is 161 Å². The number of H-pyrrole nitrogens is 1. The Morgan fingerprint density at radius 1 is 1.17 bits per heavy atom. The molecule has 0 saturated heterocycles. The summed E-state index contributed by atoms with van der Waals surface area (Å²) in [5.74, 6) is -0.0342. The van der Waals surface area contributed by atoms with E-state index in [1.54, 1.807) is 6.92 Å². The molecule has 29 heavy (non-hydrogen) atoms. The molecule has 0 saturated carbocycles. The first kappa shape index (κ1) is 25.6. The number of fused-ring (bicyclic) bond motifs is 1. The first-order chi connectivity index (χ1) is 13.0. The summed E-state index contributed by atoms with van der Waals surface area (Å²) in [6.45, 7) is 1.87. The molecule has 1 atom stereocenters. The van der Waals surface area contributed by atoms with Crippen molar-refractivity contribution in [2.75, 3.05) is 12.1 Å². The van der Waals surface area contributed by atoms with E-state index in [0.29, 0.717) is 0 Å². The monoisotopic (exact) mass is 481 g/mol. The van der Waals surface area contributed by atoms with Crippen molar-refractivity contribution in [1.82, 2.24) is 19.5 Å². The highest BCUT2D eigenvalue weighted by Crippen LogP contribution is 2.53. The molecular weight excluding hydrogens is 463 g/mol. The van der Waals surface area contributed by atoms with Crippen LogP contribution in [0.3, 0.4) is 0 Å². The van der Waals surface area contributed by atoms with Crippen LogP contribution in [0.25, 0.3) is 11.2 Å². The number of ether oxygens (including phenoxy) is 1. The van der Waals surface area contributed by atoms with E-state index in [9.17, 15) is 18.5 Å². The second-order valence-corrected chi connectivity index (χ2v) is 9.56. The molecule has 0 spiro atoms. The van der Waals surface area contributed by atoms with Gasteiger partial charge in [0.15, 0.2) is 11.2 Å². The van der Waals surface area contributed by atoms with Crippen LogP contribution in [0.5, 0.6) is 0 Å². The number of rotatable bonds is 7. The molecule has 0 aliphatic rings. The molecule has 0 aliphatic heterocycles. The lowest BCUT2D eigenvalue weighted by Crippen LogP contribution is -2.18. The first-order valence-electron chi connectivity index (χ1n) is 7.16. The van der Waals surface area contributed by atoms with Gasteiger partial charge in [-0.15, -0.1) is 0 Å². The summed E-state index contributed by atoms with van der Waals surface area (Å²) in [5.41, 5.74) is 5.44. The molecule has 2 aromatic heterocycles. The standard InChI is InChI=1S/C9H14N5O5P.H4O7P2/c1-5(19-4-20(16,17)18)2-14-3-11-6-7(14)12-9(10)13-8(6)15;1-8(2,3)7-9(4,5)6/h3,5H,2,4H2,1H3,(H2,16,17,18)(H3,10,12,13,15);(H2,1,2,3)(H2,4,5,6). The number of phosphoric acid groups is 2. The summed E-state index contributed by atoms with van der Waals surface area (Å²) in [7, 11) is -14.3. The fraction of sp³-hybridized carbons (Fsp3) is 0.444. The maximum Gasteiger partial charge on any atom is 0.478 e. The van der Waals surface area contributed by atoms with Gasteiger partial charge in [-0.3, -0.25) is 14.3 Å². The molecule has 0 fully saturated rings. The Hall–Kier alpha value is -1.48. The van der Waals surface area contributed by atoms with Gasteiger partial charge in [-0.25, -0.2) is 14.1 Å². The summed E-state index contributed by atoms with van der Waals surface area (Å²) >= 11 is 0. The van der Waals surface area contributed by atoms with Crippen LogP contribution in [0.1, 0.15) is 6.92 Å². The highest BCUT2D eigenvalue weighted by atomic mass is 31.3. The van der Waals surface area contributed by atoms with E-state index >= 15 is 0 Å². The number of hydrogen-bond donors (Lipinski definition) is 8. The van der Waals surface area contributed by atoms with Crippen molar-refractivity contribution in [3.8, 4) is 0 Å². The van der Waals surface area contributed by atoms with E-state index in [0.717, 1.165) is 0 Å². The van der Waals surface area contributed by atoms with Gasteiger partial charge in [-0.05, 0) is 6.92 Å². The van der Waals surface area contributed by atoms with E-state index in [1.807, 2.05) is 0 Å². The maximum atomic E-state index is 11.6. The molecule has 0 radical (unpaired) electrons. The minimum Gasteiger partial charge on any atom is -0.369 e. The van der Waals surface area contributed by atoms with E-state index in [1.165, 1.54) is 10.9 Å². The number of aromatic amines is 1. The van der Waals surface area contributed by atoms with Gasteiger partial charge in [0, 0.05) is 0 Å². The SMILES string of the molecule is CC(Cn1cnc2c(=O)[nH]c(N)nc21)OCP(=O)(O)O.O=P(O)(O)OP(=O)(O)O. The average molecular weight is 481 g/mol. The zero-order valence-electron chi connectivity index (χ0n) is 14.5. The molecule has 17 nitrogen and oxygen atoms in total. The third kappa shape index (κ3) is 10.2. The molecule has 20 heteroatoms. The van der Waals surface area contributed by atoms with Crippen LogP contribution >= 0.6 is 23.2 Å². The van der Waals surface area contributed by atoms with Crippen molar-refractivity contribution in [3.05, 3.63) is 16.7 Å². The van der Waals surface area contributed by atoms with Crippen LogP contribution in [0.15, 0.2) is 11.1 Å². The Morgan fingerprint density at radius 3 is 2.17 bits per heavy atom. The lowest BCUT2D eigenvalue weighted by molar-refractivity contribution is 0.0764. The molecule has 9 N–H and O–H groups in total. The van der Waals surface area contributed by atoms with Gasteiger partial charge >= 0.3 is 23.2 Å². The van der Waals surface area contributed by atoms with E-state index < -0.39 is 41.3 Å². The van der Waals surface area contributed by atoms with Gasteiger partial charge < -0.3 is 44.4 Å². The summed E-state index contributed by atoms with van der Waals surface area (Å²) in [6.07, 6.45) is 0.225. The van der Waals surface area contributed by atoms with Crippen LogP contribution in [-0.4, -0.2) is 61.3 Å². The lowest BCUT2D eigenvalue weighted by Gasteiger charge is -2.14. The Kier molecular flexibility index (Phi) is 8.42. The molecule has 2 rings (SSSR count). The third-order valence-electron chi connectivity index (χ3n) is 2.69. The number of nitrogen functional groups attached to an aromatic ring is 1. The lowest BCUT2D eigenvalue weighted by atomic mass is 10.4. The van der Waals surface area contributed by atoms with Crippen LogP contribution in [0, 0.1) is 0 Å². The van der Waals surface area contributed by atoms with Crippen molar-refractivity contribution in [3.63, 3.8) is 0 Å². The molecule has 166 valence electrons. The number of nitrogens with one attached hydrogen (secondary N) is 1. The third-order valence-corrected chi connectivity index (χ3v) is 4.87. The van der Waals surface area contributed by atoms with Gasteiger partial charge in [0.1, 0.15) is 6.35 Å². The maximum absolute atomic E-state index is 11.6. The van der Waals surface area contributed by atoms with Crippen LogP contribution in [0.4, 0.5) is 5.95 Å². The van der Waals surface area contributed by atoms with Crippen molar-refractivity contribution < 1.29 is 52.1 Å². The molecule has 0 aliphatic carbocycles. The summed E-state index contributed by atoms with van der Waals surface area (Å²) in [6, 6.07) is 0. The zero-order valence-corrected chi connectivity index (χ0v) is 17.1. The predicted octanol–water partition coefficient (Wildman–Crippen LogP) is -1.57. The van der Waals surface area contributed by atoms with Gasteiger partial charge in [0.2, 0.25) is 5.95 Å². The summed E-state index contributed by atoms with van der Waals surface area (Å²) in [5, 5.41) is 0.